The average Bonchev–Trinajstić information content (AvgIpc) is 3.07. The molecule has 44 heavy (non-hydrogen) atoms. The van der Waals surface area contributed by atoms with E-state index >= 15 is 0 Å². The summed E-state index contributed by atoms with van der Waals surface area (Å²) in [6, 6.07) is 13.0. The molecule has 0 aliphatic heterocycles. The summed E-state index contributed by atoms with van der Waals surface area (Å²) in [4.78, 5) is 64.3. The number of carbonyl (C=O) groups excluding carboxylic acids is 3. The highest BCUT2D eigenvalue weighted by atomic mass is 32.2. The molecule has 228 valence electrons. The molecular weight excluding hydrogens is 588 g/mol. The van der Waals surface area contributed by atoms with Crippen molar-refractivity contribution in [3.05, 3.63) is 97.1 Å². The Kier molecular flexibility index (Phi) is 12.7. The second-order valence-electron chi connectivity index (χ2n) is 8.76. The predicted octanol–water partition coefficient (Wildman–Crippen LogP) is 4.25. The van der Waals surface area contributed by atoms with Crippen LogP contribution in [0, 0.1) is 0 Å². The van der Waals surface area contributed by atoms with Crippen molar-refractivity contribution in [2.45, 2.75) is 12.5 Å². The van der Waals surface area contributed by atoms with Crippen LogP contribution in [-0.2, 0) is 14.3 Å². The molecule has 0 spiro atoms. The Hall–Kier alpha value is -5.37. The van der Waals surface area contributed by atoms with Gasteiger partial charge in [0.25, 0.3) is 5.91 Å². The van der Waals surface area contributed by atoms with Crippen molar-refractivity contribution in [1.82, 2.24) is 25.3 Å². The number of thioether (sulfide) groups is 1. The van der Waals surface area contributed by atoms with Crippen LogP contribution in [0.1, 0.15) is 27.1 Å². The summed E-state index contributed by atoms with van der Waals surface area (Å²) in [5.74, 6) is -0.745. The molecule has 0 fully saturated rings. The summed E-state index contributed by atoms with van der Waals surface area (Å²) >= 11 is 1.56. The Bertz CT molecular complexity index is 1550. The van der Waals surface area contributed by atoms with Crippen LogP contribution in [0.25, 0.3) is 11.1 Å². The summed E-state index contributed by atoms with van der Waals surface area (Å²) in [7, 11) is 2.59. The molecule has 2 amide bonds. The van der Waals surface area contributed by atoms with E-state index < -0.39 is 30.0 Å². The lowest BCUT2D eigenvalue weighted by Gasteiger charge is -2.21. The lowest BCUT2D eigenvalue weighted by molar-refractivity contribution is -0.142. The fourth-order valence-electron chi connectivity index (χ4n) is 3.89. The van der Waals surface area contributed by atoms with Crippen molar-refractivity contribution in [1.29, 1.82) is 0 Å². The van der Waals surface area contributed by atoms with Gasteiger partial charge >= 0.3 is 18.0 Å². The molecule has 4 aromatic rings. The van der Waals surface area contributed by atoms with E-state index in [1.54, 1.807) is 17.8 Å². The van der Waals surface area contributed by atoms with Gasteiger partial charge in [0.1, 0.15) is 18.7 Å². The van der Waals surface area contributed by atoms with E-state index in [0.29, 0.717) is 40.1 Å². The average molecular weight is 619 g/mol. The Balaban J connectivity index is 0.000000448. The molecule has 0 aliphatic rings. The maximum atomic E-state index is 13.2. The van der Waals surface area contributed by atoms with Crippen LogP contribution in [-0.4, -0.2) is 81.3 Å². The summed E-state index contributed by atoms with van der Waals surface area (Å²) in [6.07, 6.45) is 9.33. The number of hydrogen-bond donors (Lipinski definition) is 2. The first-order chi connectivity index (χ1) is 21.3. The smallest absolute Gasteiger partial charge is 0.416 e. The minimum atomic E-state index is -1.23. The Morgan fingerprint density at radius 2 is 1.52 bits per heavy atom. The van der Waals surface area contributed by atoms with Crippen molar-refractivity contribution >= 4 is 47.1 Å². The van der Waals surface area contributed by atoms with Gasteiger partial charge in [0, 0.05) is 18.0 Å². The SMILES string of the molecule is COC(=O)[C@H](CCSC)NC(=O)c1ccc(N(C(=O)O)c2cncnc2)cc1-c1ccccc1.COC(=O)c1cncnc1. The lowest BCUT2D eigenvalue weighted by atomic mass is 9.97. The third kappa shape index (κ3) is 9.06. The van der Waals surface area contributed by atoms with Crippen LogP contribution >= 0.6 is 11.8 Å². The van der Waals surface area contributed by atoms with E-state index in [-0.39, 0.29) is 5.69 Å². The number of esters is 2. The maximum absolute atomic E-state index is 13.2. The number of rotatable bonds is 10. The molecule has 14 heteroatoms. The standard InChI is InChI=1S/C24H24N4O5S.C6H6N2O2/c1-33-23(30)21(10-11-34-2)27-22(29)19-9-8-17(12-20(19)16-6-4-3-5-7-16)28(24(31)32)18-13-25-15-26-14-18;1-10-6(9)5-2-7-4-8-3-5/h3-9,12-15,21H,10-11H2,1-2H3,(H,27,29)(H,31,32);2-4H,1H3/t21-;/m0./s1. The van der Waals surface area contributed by atoms with Gasteiger partial charge in [-0.15, -0.1) is 0 Å². The van der Waals surface area contributed by atoms with Gasteiger partial charge in [0.15, 0.2) is 0 Å². The highest BCUT2D eigenvalue weighted by molar-refractivity contribution is 7.98. The van der Waals surface area contributed by atoms with Gasteiger partial charge in [-0.2, -0.15) is 11.8 Å². The highest BCUT2D eigenvalue weighted by Gasteiger charge is 2.25. The monoisotopic (exact) mass is 618 g/mol. The zero-order valence-corrected chi connectivity index (χ0v) is 24.9. The van der Waals surface area contributed by atoms with Gasteiger partial charge in [0.05, 0.1) is 43.6 Å². The molecule has 13 nitrogen and oxygen atoms in total. The molecule has 0 bridgehead atoms. The number of carbonyl (C=O) groups is 4. The first-order valence-electron chi connectivity index (χ1n) is 13.0. The van der Waals surface area contributed by atoms with Gasteiger partial charge < -0.3 is 19.9 Å². The fraction of sp³-hybridized carbons (Fsp3) is 0.200. The van der Waals surface area contributed by atoms with Gasteiger partial charge in [0.2, 0.25) is 0 Å². The zero-order chi connectivity index (χ0) is 31.9. The van der Waals surface area contributed by atoms with Gasteiger partial charge in [-0.05, 0) is 47.8 Å². The molecule has 0 aliphatic carbocycles. The molecule has 4 rings (SSSR count). The van der Waals surface area contributed by atoms with Crippen LogP contribution in [0.3, 0.4) is 0 Å². The topological polar surface area (TPSA) is 174 Å². The number of nitrogens with one attached hydrogen (secondary N) is 1. The number of aromatic nitrogens is 4. The van der Waals surface area contributed by atoms with E-state index in [2.05, 4.69) is 30.0 Å². The van der Waals surface area contributed by atoms with Crippen molar-refractivity contribution in [2.75, 3.05) is 31.1 Å². The van der Waals surface area contributed by atoms with Crippen LogP contribution < -0.4 is 10.2 Å². The number of anilines is 2. The number of ether oxygens (including phenoxy) is 2. The third-order valence-electron chi connectivity index (χ3n) is 5.97. The summed E-state index contributed by atoms with van der Waals surface area (Å²) in [6.45, 7) is 0. The number of carboxylic acid groups (broad SMARTS) is 1. The molecule has 2 heterocycles. The van der Waals surface area contributed by atoms with Crippen molar-refractivity contribution in [2.24, 2.45) is 0 Å². The number of benzene rings is 2. The number of hydrogen-bond acceptors (Lipinski definition) is 11. The molecule has 0 radical (unpaired) electrons. The molecule has 2 aromatic heterocycles. The van der Waals surface area contributed by atoms with Crippen LogP contribution in [0.5, 0.6) is 0 Å². The summed E-state index contributed by atoms with van der Waals surface area (Å²) < 4.78 is 9.26. The minimum Gasteiger partial charge on any atom is -0.467 e. The molecule has 1 atom stereocenters. The van der Waals surface area contributed by atoms with Crippen LogP contribution in [0.15, 0.2) is 86.0 Å². The molecule has 0 unspecified atom stereocenters. The second kappa shape index (κ2) is 16.9. The van der Waals surface area contributed by atoms with E-state index in [0.717, 1.165) is 4.90 Å². The van der Waals surface area contributed by atoms with Gasteiger partial charge in [-0.25, -0.2) is 39.2 Å². The van der Waals surface area contributed by atoms with Crippen molar-refractivity contribution < 1.29 is 33.8 Å². The predicted molar refractivity (Wildman–Crippen MR) is 164 cm³/mol. The van der Waals surface area contributed by atoms with Crippen LogP contribution in [0.2, 0.25) is 0 Å². The largest absolute Gasteiger partial charge is 0.467 e. The normalized spacial score (nSPS) is 10.8. The first kappa shape index (κ1) is 33.1. The Morgan fingerprint density at radius 1 is 0.886 bits per heavy atom. The summed E-state index contributed by atoms with van der Waals surface area (Å²) in [5, 5.41) is 12.6. The molecule has 2 N–H and O–H groups in total. The van der Waals surface area contributed by atoms with E-state index in [1.165, 1.54) is 63.8 Å². The van der Waals surface area contributed by atoms with Gasteiger partial charge in [-0.1, -0.05) is 30.3 Å². The second-order valence-corrected chi connectivity index (χ2v) is 9.75. The Morgan fingerprint density at radius 3 is 2.09 bits per heavy atom. The number of nitrogens with zero attached hydrogens (tertiary/aromatic N) is 5. The Labute approximate surface area is 257 Å². The maximum Gasteiger partial charge on any atom is 0.416 e. The number of methoxy groups -OCH3 is 2. The quantitative estimate of drug-likeness (QED) is 0.242. The molecule has 2 aromatic carbocycles. The van der Waals surface area contributed by atoms with E-state index in [4.69, 9.17) is 4.74 Å². The third-order valence-corrected chi connectivity index (χ3v) is 6.61. The van der Waals surface area contributed by atoms with Crippen LogP contribution in [0.4, 0.5) is 16.2 Å². The zero-order valence-electron chi connectivity index (χ0n) is 24.1. The first-order valence-corrected chi connectivity index (χ1v) is 14.4. The summed E-state index contributed by atoms with van der Waals surface area (Å²) in [5.41, 5.74) is 2.45. The number of amides is 2. The lowest BCUT2D eigenvalue weighted by Crippen LogP contribution is -2.42. The molecule has 0 saturated heterocycles. The van der Waals surface area contributed by atoms with Gasteiger partial charge in [-0.3, -0.25) is 4.79 Å². The molecule has 0 saturated carbocycles. The highest BCUT2D eigenvalue weighted by Crippen LogP contribution is 2.32. The minimum absolute atomic E-state index is 0.258. The van der Waals surface area contributed by atoms with E-state index in [9.17, 15) is 24.3 Å². The fourth-order valence-corrected chi connectivity index (χ4v) is 4.36. The van der Waals surface area contributed by atoms with Crippen molar-refractivity contribution in [3.8, 4) is 11.1 Å². The van der Waals surface area contributed by atoms with Crippen molar-refractivity contribution in [3.63, 3.8) is 0 Å². The molecular formula is C30H30N6O7S. The van der Waals surface area contributed by atoms with E-state index in [1.807, 2.05) is 36.6 Å².